The minimum Gasteiger partial charge on any atom is -0.488 e. The first-order valence-electron chi connectivity index (χ1n) is 9.14. The normalized spacial score (nSPS) is 23.8. The van der Waals surface area contributed by atoms with E-state index in [1.54, 1.807) is 11.3 Å². The molecule has 2 saturated heterocycles. The second kappa shape index (κ2) is 7.22. The molecule has 6 heteroatoms. The summed E-state index contributed by atoms with van der Waals surface area (Å²) in [6.07, 6.45) is 2.25. The molecule has 138 valence electrons. The SMILES string of the molecule is Cl.O=C(c1cc2c(s1)-c1ccccc1OC2)N1CC[C@@H]2CNC[C@@H]2CC1. The van der Waals surface area contributed by atoms with Crippen molar-refractivity contribution in [1.82, 2.24) is 10.2 Å². The number of amides is 1. The Morgan fingerprint density at radius 1 is 1.15 bits per heavy atom. The number of halogens is 1. The summed E-state index contributed by atoms with van der Waals surface area (Å²) in [6.45, 7) is 4.57. The third kappa shape index (κ3) is 3.02. The van der Waals surface area contributed by atoms with Gasteiger partial charge in [0.05, 0.1) is 4.88 Å². The number of ether oxygens (including phenoxy) is 1. The Labute approximate surface area is 163 Å². The van der Waals surface area contributed by atoms with Gasteiger partial charge in [0, 0.05) is 29.1 Å². The van der Waals surface area contributed by atoms with E-state index in [2.05, 4.69) is 16.3 Å². The van der Waals surface area contributed by atoms with Gasteiger partial charge in [0.2, 0.25) is 0 Å². The predicted molar refractivity (Wildman–Crippen MR) is 106 cm³/mol. The number of carbonyl (C=O) groups excluding carboxylic acids is 1. The number of benzene rings is 1. The first kappa shape index (κ1) is 17.8. The predicted octanol–water partition coefficient (Wildman–Crippen LogP) is 3.80. The lowest BCUT2D eigenvalue weighted by atomic mass is 9.92. The average Bonchev–Trinajstić information content (AvgIpc) is 3.24. The second-order valence-electron chi connectivity index (χ2n) is 7.30. The van der Waals surface area contributed by atoms with Crippen molar-refractivity contribution in [3.05, 3.63) is 40.8 Å². The van der Waals surface area contributed by atoms with E-state index in [1.165, 1.54) is 4.88 Å². The summed E-state index contributed by atoms with van der Waals surface area (Å²) in [5.41, 5.74) is 2.26. The Hall–Kier alpha value is -1.56. The Kier molecular flexibility index (Phi) is 4.95. The van der Waals surface area contributed by atoms with Gasteiger partial charge in [-0.15, -0.1) is 23.7 Å². The lowest BCUT2D eigenvalue weighted by Gasteiger charge is -2.20. The quantitative estimate of drug-likeness (QED) is 0.805. The van der Waals surface area contributed by atoms with Crippen molar-refractivity contribution in [1.29, 1.82) is 0 Å². The van der Waals surface area contributed by atoms with Crippen LogP contribution >= 0.6 is 23.7 Å². The number of fused-ring (bicyclic) bond motifs is 4. The summed E-state index contributed by atoms with van der Waals surface area (Å²) in [7, 11) is 0. The molecule has 4 nitrogen and oxygen atoms in total. The molecule has 4 heterocycles. The van der Waals surface area contributed by atoms with Gasteiger partial charge in [0.25, 0.3) is 5.91 Å². The maximum Gasteiger partial charge on any atom is 0.263 e. The van der Waals surface area contributed by atoms with Crippen molar-refractivity contribution in [2.75, 3.05) is 26.2 Å². The van der Waals surface area contributed by atoms with Gasteiger partial charge in [-0.2, -0.15) is 0 Å². The first-order valence-corrected chi connectivity index (χ1v) is 9.96. The fourth-order valence-corrected chi connectivity index (χ4v) is 5.55. The van der Waals surface area contributed by atoms with Crippen LogP contribution in [0.3, 0.4) is 0 Å². The Balaban J connectivity index is 0.00000168. The molecule has 0 unspecified atom stereocenters. The molecule has 5 rings (SSSR count). The highest BCUT2D eigenvalue weighted by atomic mass is 35.5. The van der Waals surface area contributed by atoms with Crippen LogP contribution in [0, 0.1) is 11.8 Å². The van der Waals surface area contributed by atoms with E-state index < -0.39 is 0 Å². The molecule has 0 aliphatic carbocycles. The van der Waals surface area contributed by atoms with Gasteiger partial charge in [0.1, 0.15) is 12.4 Å². The second-order valence-corrected chi connectivity index (χ2v) is 8.35. The maximum atomic E-state index is 13.1. The number of hydrogen-bond acceptors (Lipinski definition) is 4. The van der Waals surface area contributed by atoms with Crippen LogP contribution in [0.1, 0.15) is 28.1 Å². The van der Waals surface area contributed by atoms with Gasteiger partial charge < -0.3 is 15.0 Å². The molecule has 0 bridgehead atoms. The number of para-hydroxylation sites is 1. The highest BCUT2D eigenvalue weighted by Crippen LogP contribution is 2.42. The van der Waals surface area contributed by atoms with Crippen molar-refractivity contribution in [2.24, 2.45) is 11.8 Å². The van der Waals surface area contributed by atoms with Crippen LogP contribution in [0.2, 0.25) is 0 Å². The largest absolute Gasteiger partial charge is 0.488 e. The number of nitrogens with one attached hydrogen (secondary N) is 1. The van der Waals surface area contributed by atoms with Crippen molar-refractivity contribution >= 4 is 29.7 Å². The summed E-state index contributed by atoms with van der Waals surface area (Å²) >= 11 is 1.62. The van der Waals surface area contributed by atoms with Gasteiger partial charge in [0.15, 0.2) is 0 Å². The van der Waals surface area contributed by atoms with E-state index >= 15 is 0 Å². The third-order valence-electron chi connectivity index (χ3n) is 5.84. The number of thiophene rings is 1. The Bertz CT molecular complexity index is 808. The van der Waals surface area contributed by atoms with Gasteiger partial charge in [-0.25, -0.2) is 0 Å². The van der Waals surface area contributed by atoms with Gasteiger partial charge in [-0.1, -0.05) is 12.1 Å². The summed E-state index contributed by atoms with van der Waals surface area (Å²) in [4.78, 5) is 17.2. The molecule has 2 fully saturated rings. The van der Waals surface area contributed by atoms with Crippen molar-refractivity contribution in [3.8, 4) is 16.2 Å². The lowest BCUT2D eigenvalue weighted by molar-refractivity contribution is 0.0763. The van der Waals surface area contributed by atoms with Crippen LogP contribution < -0.4 is 10.1 Å². The summed E-state index contributed by atoms with van der Waals surface area (Å²) in [6, 6.07) is 10.2. The molecule has 0 spiro atoms. The number of carbonyl (C=O) groups is 1. The molecule has 1 aromatic carbocycles. The van der Waals surface area contributed by atoms with Crippen LogP contribution in [-0.2, 0) is 6.61 Å². The maximum absolute atomic E-state index is 13.1. The molecule has 0 saturated carbocycles. The third-order valence-corrected chi connectivity index (χ3v) is 7.04. The highest BCUT2D eigenvalue weighted by Gasteiger charge is 2.32. The fourth-order valence-electron chi connectivity index (χ4n) is 4.38. The number of nitrogens with zero attached hydrogens (tertiary/aromatic N) is 1. The smallest absolute Gasteiger partial charge is 0.263 e. The van der Waals surface area contributed by atoms with E-state index in [9.17, 15) is 4.79 Å². The fraction of sp³-hybridized carbons (Fsp3) is 0.450. The molecular formula is C20H23ClN2O2S. The van der Waals surface area contributed by atoms with Gasteiger partial charge in [-0.3, -0.25) is 4.79 Å². The molecule has 3 aliphatic rings. The monoisotopic (exact) mass is 390 g/mol. The molecule has 26 heavy (non-hydrogen) atoms. The molecule has 1 N–H and O–H groups in total. The zero-order valence-corrected chi connectivity index (χ0v) is 16.2. The number of hydrogen-bond donors (Lipinski definition) is 1. The van der Waals surface area contributed by atoms with Crippen LogP contribution in [0.15, 0.2) is 30.3 Å². The van der Waals surface area contributed by atoms with Gasteiger partial charge >= 0.3 is 0 Å². The zero-order valence-electron chi connectivity index (χ0n) is 14.6. The number of likely N-dealkylation sites (tertiary alicyclic amines) is 1. The minimum atomic E-state index is 0. The summed E-state index contributed by atoms with van der Waals surface area (Å²) in [5, 5.41) is 3.49. The van der Waals surface area contributed by atoms with Crippen LogP contribution in [0.25, 0.3) is 10.4 Å². The summed E-state index contributed by atoms with van der Waals surface area (Å²) < 4.78 is 5.83. The molecule has 1 aromatic heterocycles. The molecule has 2 aromatic rings. The average molecular weight is 391 g/mol. The Morgan fingerprint density at radius 2 is 1.88 bits per heavy atom. The van der Waals surface area contributed by atoms with Crippen molar-refractivity contribution < 1.29 is 9.53 Å². The highest BCUT2D eigenvalue weighted by molar-refractivity contribution is 7.17. The van der Waals surface area contributed by atoms with Crippen molar-refractivity contribution in [3.63, 3.8) is 0 Å². The van der Waals surface area contributed by atoms with E-state index in [0.29, 0.717) is 6.61 Å². The standard InChI is InChI=1S/C20H22N2O2S.ClH/c23-20(22-7-5-13-10-21-11-14(13)6-8-22)18-9-15-12-24-17-4-2-1-3-16(17)19(15)25-18;/h1-4,9,13-14,21H,5-8,10-12H2;1H/t13-,14+;. The van der Waals surface area contributed by atoms with Crippen molar-refractivity contribution in [2.45, 2.75) is 19.4 Å². The molecule has 3 aliphatic heterocycles. The van der Waals surface area contributed by atoms with Gasteiger partial charge in [-0.05, 0) is 56.0 Å². The minimum absolute atomic E-state index is 0. The first-order chi connectivity index (χ1) is 12.3. The topological polar surface area (TPSA) is 41.6 Å². The molecule has 0 radical (unpaired) electrons. The van der Waals surface area contributed by atoms with E-state index in [1.807, 2.05) is 24.3 Å². The van der Waals surface area contributed by atoms with E-state index in [4.69, 9.17) is 4.74 Å². The number of rotatable bonds is 1. The zero-order chi connectivity index (χ0) is 16.8. The van der Waals surface area contributed by atoms with Crippen LogP contribution in [-0.4, -0.2) is 37.0 Å². The molecule has 2 atom stereocenters. The van der Waals surface area contributed by atoms with Crippen LogP contribution in [0.4, 0.5) is 0 Å². The van der Waals surface area contributed by atoms with Crippen LogP contribution in [0.5, 0.6) is 5.75 Å². The van der Waals surface area contributed by atoms with E-state index in [0.717, 1.165) is 72.6 Å². The molecule has 1 amide bonds. The summed E-state index contributed by atoms with van der Waals surface area (Å²) in [5.74, 6) is 2.61. The van der Waals surface area contributed by atoms with E-state index in [-0.39, 0.29) is 18.3 Å². The molecular weight excluding hydrogens is 368 g/mol. The lowest BCUT2D eigenvalue weighted by Crippen LogP contribution is -2.32. The Morgan fingerprint density at radius 3 is 2.65 bits per heavy atom.